The van der Waals surface area contributed by atoms with Gasteiger partial charge in [0.05, 0.1) is 17.2 Å². The molecule has 3 nitrogen and oxygen atoms in total. The smallest absolute Gasteiger partial charge is 0.109 e. The van der Waals surface area contributed by atoms with Crippen molar-refractivity contribution >= 4 is 32.8 Å². The molecule has 17 heavy (non-hydrogen) atoms. The van der Waals surface area contributed by atoms with E-state index in [1.807, 2.05) is 24.3 Å². The Labute approximate surface area is 97.1 Å². The van der Waals surface area contributed by atoms with E-state index in [2.05, 4.69) is 33.3 Å². The highest BCUT2D eigenvalue weighted by Crippen LogP contribution is 2.29. The third kappa shape index (κ3) is 1.11. The first kappa shape index (κ1) is 8.70. The molecule has 4 aromatic rings. The predicted octanol–water partition coefficient (Wildman–Crippen LogP) is 3.06. The van der Waals surface area contributed by atoms with E-state index in [9.17, 15) is 0 Å². The van der Waals surface area contributed by atoms with Gasteiger partial charge in [-0.15, -0.1) is 0 Å². The van der Waals surface area contributed by atoms with Crippen molar-refractivity contribution in [2.24, 2.45) is 0 Å². The van der Waals surface area contributed by atoms with Crippen LogP contribution in [0.1, 0.15) is 0 Å². The molecule has 0 saturated carbocycles. The van der Waals surface area contributed by atoms with E-state index >= 15 is 0 Å². The highest BCUT2D eigenvalue weighted by molar-refractivity contribution is 6.18. The number of para-hydroxylation sites is 1. The molecule has 79 valence electrons. The fourth-order valence-corrected chi connectivity index (χ4v) is 2.32. The van der Waals surface area contributed by atoms with Crippen molar-refractivity contribution in [1.29, 1.82) is 0 Å². The molecule has 0 unspecified atom stereocenters. The molecule has 0 amide bonds. The summed E-state index contributed by atoms with van der Waals surface area (Å²) < 4.78 is 0. The maximum Gasteiger partial charge on any atom is 0.109 e. The van der Waals surface area contributed by atoms with Crippen molar-refractivity contribution in [2.45, 2.75) is 0 Å². The molecule has 2 aromatic carbocycles. The Morgan fingerprint density at radius 3 is 2.94 bits per heavy atom. The van der Waals surface area contributed by atoms with Gasteiger partial charge in [0.15, 0.2) is 0 Å². The number of hydrogen-bond donors (Lipinski definition) is 1. The van der Waals surface area contributed by atoms with Gasteiger partial charge in [0.2, 0.25) is 0 Å². The number of aromatic nitrogens is 3. The number of aromatic amines is 1. The number of nitrogens with one attached hydrogen (secondary N) is 1. The van der Waals surface area contributed by atoms with Gasteiger partial charge in [-0.1, -0.05) is 18.2 Å². The predicted molar refractivity (Wildman–Crippen MR) is 67.7 cm³/mol. The second kappa shape index (κ2) is 3.04. The number of fused-ring (bicyclic) bond motifs is 5. The standard InChI is InChI=1S/C14H8N3/c1-2-4-10-9(3-1)13-11(17-10)5-6-12-14(13)16-8-7-15-12/h1-7,17H. The van der Waals surface area contributed by atoms with Crippen molar-refractivity contribution in [3.8, 4) is 0 Å². The third-order valence-electron chi connectivity index (χ3n) is 3.06. The molecular formula is C14H8N3. The lowest BCUT2D eigenvalue weighted by Gasteiger charge is -1.97. The van der Waals surface area contributed by atoms with E-state index in [0.29, 0.717) is 0 Å². The Balaban J connectivity index is 2.38. The number of H-pyrrole nitrogens is 1. The van der Waals surface area contributed by atoms with E-state index in [-0.39, 0.29) is 0 Å². The molecule has 1 radical (unpaired) electrons. The first-order valence-corrected chi connectivity index (χ1v) is 5.46. The summed E-state index contributed by atoms with van der Waals surface area (Å²) in [5, 5.41) is 2.31. The summed E-state index contributed by atoms with van der Waals surface area (Å²) in [6.45, 7) is 0. The highest BCUT2D eigenvalue weighted by Gasteiger charge is 2.08. The molecule has 3 heteroatoms. The summed E-state index contributed by atoms with van der Waals surface area (Å²) in [7, 11) is 0. The van der Waals surface area contributed by atoms with Crippen molar-refractivity contribution in [2.75, 3.05) is 0 Å². The second-order valence-corrected chi connectivity index (χ2v) is 4.03. The molecule has 0 spiro atoms. The van der Waals surface area contributed by atoms with Crippen LogP contribution in [0.3, 0.4) is 0 Å². The average Bonchev–Trinajstić information content (AvgIpc) is 2.77. The molecule has 0 aliphatic carbocycles. The van der Waals surface area contributed by atoms with E-state index in [1.54, 1.807) is 6.20 Å². The summed E-state index contributed by atoms with van der Waals surface area (Å²) >= 11 is 0. The summed E-state index contributed by atoms with van der Waals surface area (Å²) in [5.74, 6) is 0. The molecule has 1 N–H and O–H groups in total. The molecule has 0 bridgehead atoms. The minimum absolute atomic E-state index is 0.904. The van der Waals surface area contributed by atoms with Gasteiger partial charge in [0.25, 0.3) is 0 Å². The zero-order valence-electron chi connectivity index (χ0n) is 8.94. The van der Waals surface area contributed by atoms with E-state index in [4.69, 9.17) is 0 Å². The largest absolute Gasteiger partial charge is 0.354 e. The third-order valence-corrected chi connectivity index (χ3v) is 3.06. The fraction of sp³-hybridized carbons (Fsp3) is 0. The summed E-state index contributed by atoms with van der Waals surface area (Å²) in [5.41, 5.74) is 4.02. The lowest BCUT2D eigenvalue weighted by Crippen LogP contribution is -1.82. The van der Waals surface area contributed by atoms with Crippen LogP contribution in [0.5, 0.6) is 0 Å². The number of hydrogen-bond acceptors (Lipinski definition) is 2. The van der Waals surface area contributed by atoms with Crippen LogP contribution in [0.4, 0.5) is 0 Å². The molecule has 0 atom stereocenters. The lowest BCUT2D eigenvalue weighted by molar-refractivity contribution is 1.29. The van der Waals surface area contributed by atoms with Gasteiger partial charge in [-0.25, -0.2) is 4.98 Å². The maximum absolute atomic E-state index is 4.32. The quantitative estimate of drug-likeness (QED) is 0.493. The van der Waals surface area contributed by atoms with Gasteiger partial charge in [-0.2, -0.15) is 0 Å². The molecule has 0 aliphatic heterocycles. The first-order chi connectivity index (χ1) is 8.43. The Hall–Kier alpha value is -2.42. The van der Waals surface area contributed by atoms with Crippen LogP contribution in [-0.2, 0) is 0 Å². The van der Waals surface area contributed by atoms with Crippen LogP contribution in [0, 0.1) is 6.20 Å². The van der Waals surface area contributed by atoms with Crippen molar-refractivity contribution < 1.29 is 0 Å². The first-order valence-electron chi connectivity index (χ1n) is 5.46. The Morgan fingerprint density at radius 2 is 1.94 bits per heavy atom. The molecule has 0 aliphatic rings. The molecule has 0 fully saturated rings. The van der Waals surface area contributed by atoms with Crippen molar-refractivity contribution in [1.82, 2.24) is 15.0 Å². The van der Waals surface area contributed by atoms with Gasteiger partial charge in [-0.05, 0) is 18.2 Å². The molecule has 2 aromatic heterocycles. The van der Waals surface area contributed by atoms with Crippen LogP contribution in [-0.4, -0.2) is 15.0 Å². The van der Waals surface area contributed by atoms with Crippen LogP contribution >= 0.6 is 0 Å². The van der Waals surface area contributed by atoms with E-state index in [1.165, 1.54) is 5.39 Å². The second-order valence-electron chi connectivity index (χ2n) is 4.03. The fourth-order valence-electron chi connectivity index (χ4n) is 2.32. The lowest BCUT2D eigenvalue weighted by atomic mass is 10.1. The number of benzene rings is 2. The topological polar surface area (TPSA) is 41.6 Å². The average molecular weight is 218 g/mol. The van der Waals surface area contributed by atoms with Crippen molar-refractivity contribution in [3.05, 3.63) is 48.8 Å². The summed E-state index contributed by atoms with van der Waals surface area (Å²) in [6, 6.07) is 12.3. The molecular weight excluding hydrogens is 210 g/mol. The zero-order chi connectivity index (χ0) is 11.2. The summed E-state index contributed by atoms with van der Waals surface area (Å²) in [6.07, 6.45) is 4.41. The van der Waals surface area contributed by atoms with E-state index < -0.39 is 0 Å². The number of nitrogens with zero attached hydrogens (tertiary/aromatic N) is 2. The molecule has 0 saturated heterocycles. The van der Waals surface area contributed by atoms with E-state index in [0.717, 1.165) is 27.5 Å². The van der Waals surface area contributed by atoms with Gasteiger partial charge in [-0.3, -0.25) is 4.98 Å². The minimum Gasteiger partial charge on any atom is -0.354 e. The number of rotatable bonds is 0. The normalized spacial score (nSPS) is 11.5. The molecule has 2 heterocycles. The Morgan fingerprint density at radius 1 is 1.00 bits per heavy atom. The highest BCUT2D eigenvalue weighted by atomic mass is 14.8. The van der Waals surface area contributed by atoms with Crippen LogP contribution in [0.25, 0.3) is 32.8 Å². The molecule has 4 rings (SSSR count). The minimum atomic E-state index is 0.904. The van der Waals surface area contributed by atoms with Crippen LogP contribution in [0.15, 0.2) is 42.6 Å². The van der Waals surface area contributed by atoms with Crippen LogP contribution in [0.2, 0.25) is 0 Å². The van der Waals surface area contributed by atoms with Gasteiger partial charge < -0.3 is 4.98 Å². The summed E-state index contributed by atoms with van der Waals surface area (Å²) in [4.78, 5) is 12.0. The Bertz CT molecular complexity index is 840. The van der Waals surface area contributed by atoms with Gasteiger partial charge in [0, 0.05) is 21.8 Å². The van der Waals surface area contributed by atoms with Gasteiger partial charge in [0.1, 0.15) is 6.20 Å². The van der Waals surface area contributed by atoms with Gasteiger partial charge >= 0.3 is 0 Å². The monoisotopic (exact) mass is 218 g/mol. The zero-order valence-corrected chi connectivity index (χ0v) is 8.94. The SMILES string of the molecule is [c]1cnc2ccc3[nH]c4ccccc4c3c2n1. The Kier molecular flexibility index (Phi) is 1.56. The van der Waals surface area contributed by atoms with Crippen molar-refractivity contribution in [3.63, 3.8) is 0 Å². The van der Waals surface area contributed by atoms with Crippen LogP contribution < -0.4 is 0 Å². The maximum atomic E-state index is 4.32.